The van der Waals surface area contributed by atoms with Crippen molar-refractivity contribution in [3.63, 3.8) is 0 Å². The molecule has 144 valence electrons. The summed E-state index contributed by atoms with van der Waals surface area (Å²) in [5.74, 6) is 0.359. The number of ether oxygens (including phenoxy) is 3. The summed E-state index contributed by atoms with van der Waals surface area (Å²) >= 11 is 0. The van der Waals surface area contributed by atoms with E-state index in [0.717, 1.165) is 0 Å². The van der Waals surface area contributed by atoms with Gasteiger partial charge in [-0.15, -0.1) is 5.10 Å². The average Bonchev–Trinajstić information content (AvgIpc) is 3.21. The zero-order valence-corrected chi connectivity index (χ0v) is 15.4. The Morgan fingerprint density at radius 1 is 0.893 bits per heavy atom. The molecule has 0 spiro atoms. The molecule has 0 unspecified atom stereocenters. The van der Waals surface area contributed by atoms with E-state index in [1.165, 1.54) is 45.6 Å². The van der Waals surface area contributed by atoms with Crippen LogP contribution in [0.3, 0.4) is 0 Å². The number of hydrogen-bond donors (Lipinski definition) is 1. The van der Waals surface area contributed by atoms with E-state index in [2.05, 4.69) is 20.3 Å². The third-order valence-corrected chi connectivity index (χ3v) is 3.81. The van der Waals surface area contributed by atoms with Gasteiger partial charge in [-0.1, -0.05) is 5.10 Å². The Kier molecular flexibility index (Phi) is 5.54. The smallest absolute Gasteiger partial charge is 0.337 e. The number of aromatic nitrogens is 2. The molecule has 0 bridgehead atoms. The van der Waals surface area contributed by atoms with Crippen LogP contribution in [0.15, 0.2) is 46.9 Å². The van der Waals surface area contributed by atoms with Gasteiger partial charge in [0.25, 0.3) is 5.91 Å². The fourth-order valence-corrected chi connectivity index (χ4v) is 2.37. The van der Waals surface area contributed by atoms with Gasteiger partial charge >= 0.3 is 12.0 Å². The Bertz CT molecular complexity index is 975. The highest BCUT2D eigenvalue weighted by atomic mass is 16.5. The Balaban J connectivity index is 1.76. The fourth-order valence-electron chi connectivity index (χ4n) is 2.37. The first-order valence-electron chi connectivity index (χ1n) is 8.10. The summed E-state index contributed by atoms with van der Waals surface area (Å²) in [5.41, 5.74) is 1.23. The molecule has 1 heterocycles. The number of amides is 1. The van der Waals surface area contributed by atoms with Crippen molar-refractivity contribution >= 4 is 17.9 Å². The van der Waals surface area contributed by atoms with Crippen LogP contribution in [0.25, 0.3) is 11.5 Å². The quantitative estimate of drug-likeness (QED) is 0.647. The Labute approximate surface area is 160 Å². The van der Waals surface area contributed by atoms with E-state index in [-0.39, 0.29) is 11.9 Å². The monoisotopic (exact) mass is 383 g/mol. The molecule has 0 aliphatic carbocycles. The van der Waals surface area contributed by atoms with Gasteiger partial charge in [0.1, 0.15) is 11.5 Å². The predicted molar refractivity (Wildman–Crippen MR) is 98.6 cm³/mol. The number of nitrogens with zero attached hydrogens (tertiary/aromatic N) is 2. The highest BCUT2D eigenvalue weighted by Crippen LogP contribution is 2.29. The number of nitrogens with one attached hydrogen (secondary N) is 1. The van der Waals surface area contributed by atoms with Crippen molar-refractivity contribution in [3.05, 3.63) is 53.6 Å². The lowest BCUT2D eigenvalue weighted by Crippen LogP contribution is -2.12. The maximum Gasteiger partial charge on any atom is 0.337 e. The molecule has 0 atom stereocenters. The van der Waals surface area contributed by atoms with Gasteiger partial charge in [0.05, 0.1) is 26.9 Å². The van der Waals surface area contributed by atoms with E-state index >= 15 is 0 Å². The van der Waals surface area contributed by atoms with Gasteiger partial charge in [0, 0.05) is 17.2 Å². The van der Waals surface area contributed by atoms with Gasteiger partial charge < -0.3 is 18.6 Å². The van der Waals surface area contributed by atoms with Crippen molar-refractivity contribution < 1.29 is 28.2 Å². The molecule has 28 heavy (non-hydrogen) atoms. The third-order valence-electron chi connectivity index (χ3n) is 3.81. The van der Waals surface area contributed by atoms with E-state index in [0.29, 0.717) is 28.2 Å². The second-order valence-electron chi connectivity index (χ2n) is 5.54. The van der Waals surface area contributed by atoms with Crippen LogP contribution in [0.1, 0.15) is 20.7 Å². The first kappa shape index (κ1) is 18.9. The minimum Gasteiger partial charge on any atom is -0.497 e. The van der Waals surface area contributed by atoms with Crippen molar-refractivity contribution in [1.82, 2.24) is 10.2 Å². The summed E-state index contributed by atoms with van der Waals surface area (Å²) in [7, 11) is 4.35. The van der Waals surface area contributed by atoms with Crippen LogP contribution in [-0.4, -0.2) is 43.4 Å². The largest absolute Gasteiger partial charge is 0.497 e. The van der Waals surface area contributed by atoms with Crippen LogP contribution in [0.2, 0.25) is 0 Å². The van der Waals surface area contributed by atoms with Crippen LogP contribution in [0.5, 0.6) is 11.5 Å². The maximum absolute atomic E-state index is 12.3. The molecular formula is C19H17N3O6. The Hall–Kier alpha value is -3.88. The molecule has 9 nitrogen and oxygen atoms in total. The molecule has 0 aliphatic rings. The normalized spacial score (nSPS) is 10.2. The fraction of sp³-hybridized carbons (Fsp3) is 0.158. The van der Waals surface area contributed by atoms with E-state index in [4.69, 9.17) is 13.9 Å². The molecule has 9 heteroatoms. The highest BCUT2D eigenvalue weighted by molar-refractivity contribution is 6.03. The van der Waals surface area contributed by atoms with Gasteiger partial charge in [-0.2, -0.15) is 0 Å². The third kappa shape index (κ3) is 4.09. The second kappa shape index (κ2) is 8.21. The molecule has 0 saturated carbocycles. The molecule has 1 N–H and O–H groups in total. The minimum atomic E-state index is -0.484. The standard InChI is InChI=1S/C19H17N3O6/c1-25-14-8-13(9-15(10-14)26-2)17-21-22-19(28-17)20-16(23)11-4-6-12(7-5-11)18(24)27-3/h4-10H,1-3H3,(H,20,22,23). The SMILES string of the molecule is COC(=O)c1ccc(C(=O)Nc2nnc(-c3cc(OC)cc(OC)c3)o2)cc1. The van der Waals surface area contributed by atoms with E-state index in [9.17, 15) is 9.59 Å². The number of carbonyl (C=O) groups is 2. The molecule has 3 rings (SSSR count). The van der Waals surface area contributed by atoms with Crippen LogP contribution in [-0.2, 0) is 4.74 Å². The maximum atomic E-state index is 12.3. The Morgan fingerprint density at radius 2 is 1.50 bits per heavy atom. The van der Waals surface area contributed by atoms with Crippen molar-refractivity contribution in [2.45, 2.75) is 0 Å². The summed E-state index contributed by atoms with van der Waals surface area (Å²) in [4.78, 5) is 23.8. The summed E-state index contributed by atoms with van der Waals surface area (Å²) in [6, 6.07) is 11.0. The lowest BCUT2D eigenvalue weighted by molar-refractivity contribution is 0.0600. The number of anilines is 1. The minimum absolute atomic E-state index is 0.0705. The zero-order chi connectivity index (χ0) is 20.1. The van der Waals surface area contributed by atoms with Crippen LogP contribution in [0.4, 0.5) is 6.01 Å². The van der Waals surface area contributed by atoms with E-state index in [1.807, 2.05) is 0 Å². The van der Waals surface area contributed by atoms with Gasteiger partial charge in [-0.3, -0.25) is 10.1 Å². The number of methoxy groups -OCH3 is 3. The molecule has 2 aromatic carbocycles. The van der Waals surface area contributed by atoms with Crippen molar-refractivity contribution in [2.24, 2.45) is 0 Å². The number of rotatable bonds is 6. The predicted octanol–water partition coefficient (Wildman–Crippen LogP) is 2.79. The van der Waals surface area contributed by atoms with Crippen LogP contribution < -0.4 is 14.8 Å². The molecule has 0 saturated heterocycles. The lowest BCUT2D eigenvalue weighted by atomic mass is 10.1. The van der Waals surface area contributed by atoms with E-state index in [1.54, 1.807) is 18.2 Å². The number of benzene rings is 2. The van der Waals surface area contributed by atoms with Crippen molar-refractivity contribution in [1.29, 1.82) is 0 Å². The first-order chi connectivity index (χ1) is 13.5. The molecule has 0 radical (unpaired) electrons. The molecular weight excluding hydrogens is 366 g/mol. The molecule has 3 aromatic rings. The molecule has 1 aromatic heterocycles. The molecule has 0 fully saturated rings. The van der Waals surface area contributed by atoms with Gasteiger partial charge in [-0.05, 0) is 36.4 Å². The number of esters is 1. The summed E-state index contributed by atoms with van der Waals surface area (Å²) < 4.78 is 20.5. The zero-order valence-electron chi connectivity index (χ0n) is 15.4. The van der Waals surface area contributed by atoms with Gasteiger partial charge in [0.2, 0.25) is 5.89 Å². The van der Waals surface area contributed by atoms with Crippen molar-refractivity contribution in [3.8, 4) is 23.0 Å². The average molecular weight is 383 g/mol. The molecule has 0 aliphatic heterocycles. The number of hydrogen-bond acceptors (Lipinski definition) is 8. The highest BCUT2D eigenvalue weighted by Gasteiger charge is 2.15. The van der Waals surface area contributed by atoms with E-state index < -0.39 is 11.9 Å². The lowest BCUT2D eigenvalue weighted by Gasteiger charge is -2.05. The van der Waals surface area contributed by atoms with Gasteiger partial charge in [-0.25, -0.2) is 4.79 Å². The topological polar surface area (TPSA) is 113 Å². The van der Waals surface area contributed by atoms with Gasteiger partial charge in [0.15, 0.2) is 0 Å². The van der Waals surface area contributed by atoms with Crippen LogP contribution >= 0.6 is 0 Å². The summed E-state index contributed by atoms with van der Waals surface area (Å²) in [6.07, 6.45) is 0. The van der Waals surface area contributed by atoms with Crippen molar-refractivity contribution in [2.75, 3.05) is 26.6 Å². The first-order valence-corrected chi connectivity index (χ1v) is 8.10. The Morgan fingerprint density at radius 3 is 2.07 bits per heavy atom. The second-order valence-corrected chi connectivity index (χ2v) is 5.54. The molecule has 1 amide bonds. The number of carbonyl (C=O) groups excluding carboxylic acids is 2. The summed E-state index contributed by atoms with van der Waals surface area (Å²) in [5, 5.41) is 10.3. The van der Waals surface area contributed by atoms with Crippen LogP contribution in [0, 0.1) is 0 Å². The summed E-state index contributed by atoms with van der Waals surface area (Å²) in [6.45, 7) is 0.